The number of rotatable bonds is 5. The molecule has 1 aromatic carbocycles. The van der Waals surface area contributed by atoms with Crippen LogP contribution in [0.25, 0.3) is 11.3 Å². The lowest BCUT2D eigenvalue weighted by molar-refractivity contribution is -0.133. The Balaban J connectivity index is 1.72. The summed E-state index contributed by atoms with van der Waals surface area (Å²) in [6, 6.07) is 10.2. The van der Waals surface area contributed by atoms with Gasteiger partial charge in [-0.3, -0.25) is 9.59 Å². The van der Waals surface area contributed by atoms with Crippen LogP contribution >= 0.6 is 0 Å². The highest BCUT2D eigenvalue weighted by atomic mass is 32.2. The fourth-order valence-corrected chi connectivity index (χ4v) is 3.80. The van der Waals surface area contributed by atoms with Crippen LogP contribution in [-0.4, -0.2) is 72.9 Å². The average molecular weight is 406 g/mol. The number of nitrogens with zero attached hydrogens (tertiary/aromatic N) is 4. The minimum absolute atomic E-state index is 0.193. The number of benzene rings is 1. The first-order valence-electron chi connectivity index (χ1n) is 8.73. The zero-order valence-corrected chi connectivity index (χ0v) is 16.6. The Hall–Kier alpha value is -2.72. The van der Waals surface area contributed by atoms with Gasteiger partial charge in [0.15, 0.2) is 0 Å². The highest BCUT2D eigenvalue weighted by Crippen LogP contribution is 2.19. The van der Waals surface area contributed by atoms with E-state index in [-0.39, 0.29) is 31.1 Å². The summed E-state index contributed by atoms with van der Waals surface area (Å²) in [5.74, 6) is 0.440. The van der Waals surface area contributed by atoms with E-state index >= 15 is 0 Å². The van der Waals surface area contributed by atoms with Crippen LogP contribution in [0.3, 0.4) is 0 Å². The van der Waals surface area contributed by atoms with Gasteiger partial charge in [0.05, 0.1) is 19.1 Å². The molecule has 0 saturated carbocycles. The van der Waals surface area contributed by atoms with Crippen LogP contribution in [0.15, 0.2) is 41.2 Å². The number of sulfonamides is 1. The van der Waals surface area contributed by atoms with Crippen molar-refractivity contribution in [1.82, 2.24) is 19.0 Å². The quantitative estimate of drug-likeness (QED) is 0.694. The first-order valence-corrected chi connectivity index (χ1v) is 10.6. The molecule has 0 unspecified atom stereocenters. The van der Waals surface area contributed by atoms with Crippen LogP contribution in [0.5, 0.6) is 5.75 Å². The molecule has 1 aromatic heterocycles. The van der Waals surface area contributed by atoms with Gasteiger partial charge < -0.3 is 9.64 Å². The number of aromatic nitrogens is 2. The molecule has 1 aliphatic heterocycles. The molecule has 0 spiro atoms. The highest BCUT2D eigenvalue weighted by molar-refractivity contribution is 7.88. The lowest BCUT2D eigenvalue weighted by Gasteiger charge is -2.33. The molecule has 1 fully saturated rings. The van der Waals surface area contributed by atoms with E-state index < -0.39 is 10.0 Å². The van der Waals surface area contributed by atoms with Crippen LogP contribution < -0.4 is 10.3 Å². The van der Waals surface area contributed by atoms with Crippen molar-refractivity contribution in [2.75, 3.05) is 39.5 Å². The zero-order valence-electron chi connectivity index (χ0n) is 15.7. The van der Waals surface area contributed by atoms with Gasteiger partial charge in [0.2, 0.25) is 15.9 Å². The maximum absolute atomic E-state index is 12.5. The standard InChI is InChI=1S/C18H22N4O5S/c1-27-15-5-3-14(4-6-15)16-7-8-17(23)22(19-16)13-18(24)20-9-11-21(12-10-20)28(2,25)26/h3-8H,9-13H2,1-2H3. The molecule has 1 aliphatic rings. The molecule has 0 bridgehead atoms. The van der Waals surface area contributed by atoms with Crippen LogP contribution in [0.4, 0.5) is 0 Å². The van der Waals surface area contributed by atoms with Gasteiger partial charge in [-0.2, -0.15) is 9.40 Å². The van der Waals surface area contributed by atoms with Crippen molar-refractivity contribution in [2.45, 2.75) is 6.54 Å². The van der Waals surface area contributed by atoms with Crippen LogP contribution in [-0.2, 0) is 21.4 Å². The van der Waals surface area contributed by atoms with Gasteiger partial charge in [0, 0.05) is 37.8 Å². The van der Waals surface area contributed by atoms with Gasteiger partial charge in [-0.15, -0.1) is 0 Å². The third kappa shape index (κ3) is 4.57. The smallest absolute Gasteiger partial charge is 0.267 e. The van der Waals surface area contributed by atoms with E-state index in [4.69, 9.17) is 4.74 Å². The molecule has 3 rings (SSSR count). The topological polar surface area (TPSA) is 102 Å². The summed E-state index contributed by atoms with van der Waals surface area (Å²) in [5.41, 5.74) is 0.987. The van der Waals surface area contributed by atoms with E-state index in [1.165, 1.54) is 10.4 Å². The first kappa shape index (κ1) is 20.0. The summed E-state index contributed by atoms with van der Waals surface area (Å²) >= 11 is 0. The molecule has 28 heavy (non-hydrogen) atoms. The Bertz CT molecular complexity index is 1010. The van der Waals surface area contributed by atoms with Crippen LogP contribution in [0, 0.1) is 0 Å². The lowest BCUT2D eigenvalue weighted by Crippen LogP contribution is -2.51. The Morgan fingerprint density at radius 1 is 1.07 bits per heavy atom. The van der Waals surface area contributed by atoms with E-state index in [0.29, 0.717) is 24.5 Å². The summed E-state index contributed by atoms with van der Waals surface area (Å²) in [6.45, 7) is 0.886. The molecule has 1 amide bonds. The molecule has 10 heteroatoms. The predicted molar refractivity (Wildman–Crippen MR) is 103 cm³/mol. The van der Waals surface area contributed by atoms with Crippen molar-refractivity contribution in [2.24, 2.45) is 0 Å². The maximum Gasteiger partial charge on any atom is 0.267 e. The fraction of sp³-hybridized carbons (Fsp3) is 0.389. The minimum atomic E-state index is -3.26. The molecule has 0 N–H and O–H groups in total. The Kier molecular flexibility index (Phi) is 5.80. The maximum atomic E-state index is 12.5. The van der Waals surface area contributed by atoms with Crippen molar-refractivity contribution in [1.29, 1.82) is 0 Å². The Morgan fingerprint density at radius 2 is 1.71 bits per heavy atom. The summed E-state index contributed by atoms with van der Waals surface area (Å²) in [6.07, 6.45) is 1.15. The lowest BCUT2D eigenvalue weighted by atomic mass is 10.1. The van der Waals surface area contributed by atoms with E-state index in [1.54, 1.807) is 30.2 Å². The van der Waals surface area contributed by atoms with Gasteiger partial charge >= 0.3 is 0 Å². The number of amides is 1. The number of carbonyl (C=O) groups excluding carboxylic acids is 1. The van der Waals surface area contributed by atoms with E-state index in [2.05, 4.69) is 5.10 Å². The van der Waals surface area contributed by atoms with Crippen molar-refractivity contribution in [3.05, 3.63) is 46.8 Å². The molecular weight excluding hydrogens is 384 g/mol. The number of hydrogen-bond acceptors (Lipinski definition) is 6. The predicted octanol–water partition coefficient (Wildman–Crippen LogP) is 0.0227. The van der Waals surface area contributed by atoms with E-state index in [9.17, 15) is 18.0 Å². The molecule has 150 valence electrons. The highest BCUT2D eigenvalue weighted by Gasteiger charge is 2.26. The molecular formula is C18H22N4O5S. The van der Waals surface area contributed by atoms with Crippen molar-refractivity contribution < 1.29 is 17.9 Å². The molecule has 2 heterocycles. The number of carbonyl (C=O) groups is 1. The number of ether oxygens (including phenoxy) is 1. The van der Waals surface area contributed by atoms with E-state index in [0.717, 1.165) is 16.5 Å². The van der Waals surface area contributed by atoms with Gasteiger partial charge in [0.25, 0.3) is 5.56 Å². The number of piperazine rings is 1. The van der Waals surface area contributed by atoms with Gasteiger partial charge in [0.1, 0.15) is 12.3 Å². The third-order valence-corrected chi connectivity index (χ3v) is 5.90. The van der Waals surface area contributed by atoms with Gasteiger partial charge in [-0.1, -0.05) is 0 Å². The Labute approximate surface area is 163 Å². The van der Waals surface area contributed by atoms with E-state index in [1.807, 2.05) is 12.1 Å². The first-order chi connectivity index (χ1) is 13.3. The van der Waals surface area contributed by atoms with Crippen molar-refractivity contribution in [3.8, 4) is 17.0 Å². The summed E-state index contributed by atoms with van der Waals surface area (Å²) in [5, 5.41) is 4.30. The molecule has 0 aliphatic carbocycles. The van der Waals surface area contributed by atoms with Gasteiger partial charge in [-0.25, -0.2) is 13.1 Å². The van der Waals surface area contributed by atoms with Crippen LogP contribution in [0.2, 0.25) is 0 Å². The SMILES string of the molecule is COc1ccc(-c2ccc(=O)n(CC(=O)N3CCN(S(C)(=O)=O)CC3)n2)cc1. The normalized spacial score (nSPS) is 15.4. The average Bonchev–Trinajstić information content (AvgIpc) is 2.69. The number of hydrogen-bond donors (Lipinski definition) is 0. The second-order valence-corrected chi connectivity index (χ2v) is 8.47. The molecule has 2 aromatic rings. The molecule has 1 saturated heterocycles. The second-order valence-electron chi connectivity index (χ2n) is 6.49. The minimum Gasteiger partial charge on any atom is -0.497 e. The largest absolute Gasteiger partial charge is 0.497 e. The third-order valence-electron chi connectivity index (χ3n) is 4.60. The Morgan fingerprint density at radius 3 is 2.29 bits per heavy atom. The summed E-state index contributed by atoms with van der Waals surface area (Å²) in [4.78, 5) is 26.2. The molecule has 9 nitrogen and oxygen atoms in total. The van der Waals surface area contributed by atoms with Crippen molar-refractivity contribution >= 4 is 15.9 Å². The van der Waals surface area contributed by atoms with Crippen LogP contribution in [0.1, 0.15) is 0 Å². The fourth-order valence-electron chi connectivity index (χ4n) is 2.98. The van der Waals surface area contributed by atoms with Gasteiger partial charge in [-0.05, 0) is 30.3 Å². The van der Waals surface area contributed by atoms with Crippen molar-refractivity contribution in [3.63, 3.8) is 0 Å². The summed E-state index contributed by atoms with van der Waals surface area (Å²) < 4.78 is 30.7. The monoisotopic (exact) mass is 406 g/mol. The second kappa shape index (κ2) is 8.11. The molecule has 0 radical (unpaired) electrons. The number of methoxy groups -OCH3 is 1. The summed E-state index contributed by atoms with van der Waals surface area (Å²) in [7, 11) is -1.68. The zero-order chi connectivity index (χ0) is 20.3. The molecule has 0 atom stereocenters.